The molecule has 3 heteroatoms. The molecule has 0 amide bonds. The Morgan fingerprint density at radius 3 is 2.58 bits per heavy atom. The molecule has 0 aliphatic rings. The van der Waals surface area contributed by atoms with Crippen LogP contribution in [0.25, 0.3) is 0 Å². The van der Waals surface area contributed by atoms with E-state index < -0.39 is 11.9 Å². The van der Waals surface area contributed by atoms with E-state index in [1.165, 1.54) is 11.1 Å². The standard InChI is InChI=1S/C16H25NO2/c1-3-13(10-15(11-17)16(18)19)8-9-14-7-5-4-6-12(14)2/h4-7,13,15H,3,8-11,17H2,1-2H3,(H,18,19). The minimum atomic E-state index is -0.767. The predicted molar refractivity (Wildman–Crippen MR) is 78.1 cm³/mol. The maximum Gasteiger partial charge on any atom is 0.307 e. The largest absolute Gasteiger partial charge is 0.481 e. The van der Waals surface area contributed by atoms with Crippen molar-refractivity contribution in [2.75, 3.05) is 6.54 Å². The van der Waals surface area contributed by atoms with Gasteiger partial charge in [-0.1, -0.05) is 37.6 Å². The van der Waals surface area contributed by atoms with Gasteiger partial charge in [0.05, 0.1) is 5.92 Å². The average molecular weight is 263 g/mol. The third kappa shape index (κ3) is 5.03. The van der Waals surface area contributed by atoms with Crippen LogP contribution in [0, 0.1) is 18.8 Å². The van der Waals surface area contributed by atoms with Crippen LogP contribution in [0.5, 0.6) is 0 Å². The monoisotopic (exact) mass is 263 g/mol. The number of aryl methyl sites for hydroxylation is 2. The van der Waals surface area contributed by atoms with Crippen LogP contribution >= 0.6 is 0 Å². The quantitative estimate of drug-likeness (QED) is 0.758. The lowest BCUT2D eigenvalue weighted by atomic mass is 9.87. The van der Waals surface area contributed by atoms with E-state index in [9.17, 15) is 4.79 Å². The van der Waals surface area contributed by atoms with Crippen molar-refractivity contribution in [2.24, 2.45) is 17.6 Å². The first-order valence-electron chi connectivity index (χ1n) is 7.05. The Labute approximate surface area is 115 Å². The molecule has 0 saturated heterocycles. The molecular formula is C16H25NO2. The van der Waals surface area contributed by atoms with Gasteiger partial charge in [-0.25, -0.2) is 0 Å². The van der Waals surface area contributed by atoms with Crippen LogP contribution in [-0.2, 0) is 11.2 Å². The molecule has 0 radical (unpaired) electrons. The summed E-state index contributed by atoms with van der Waals surface area (Å²) in [7, 11) is 0. The van der Waals surface area contributed by atoms with Gasteiger partial charge in [0, 0.05) is 6.54 Å². The van der Waals surface area contributed by atoms with Crippen molar-refractivity contribution in [3.05, 3.63) is 35.4 Å². The maximum absolute atomic E-state index is 11.0. The summed E-state index contributed by atoms with van der Waals surface area (Å²) in [6.45, 7) is 4.48. The summed E-state index contributed by atoms with van der Waals surface area (Å²) >= 11 is 0. The molecule has 0 bridgehead atoms. The summed E-state index contributed by atoms with van der Waals surface area (Å²) in [5.74, 6) is -0.733. The predicted octanol–water partition coefficient (Wildman–Crippen LogP) is 3.00. The minimum Gasteiger partial charge on any atom is -0.481 e. The number of hydrogen-bond donors (Lipinski definition) is 2. The second-order valence-corrected chi connectivity index (χ2v) is 5.25. The van der Waals surface area contributed by atoms with Crippen molar-refractivity contribution in [2.45, 2.75) is 39.5 Å². The van der Waals surface area contributed by atoms with Gasteiger partial charge in [0.1, 0.15) is 0 Å². The van der Waals surface area contributed by atoms with Crippen LogP contribution in [0.3, 0.4) is 0 Å². The highest BCUT2D eigenvalue weighted by Crippen LogP contribution is 2.22. The van der Waals surface area contributed by atoms with Gasteiger partial charge >= 0.3 is 5.97 Å². The number of nitrogens with two attached hydrogens (primary N) is 1. The lowest BCUT2D eigenvalue weighted by Gasteiger charge is -2.19. The molecule has 0 spiro atoms. The number of hydrogen-bond acceptors (Lipinski definition) is 2. The smallest absolute Gasteiger partial charge is 0.307 e. The lowest BCUT2D eigenvalue weighted by Crippen LogP contribution is -2.26. The summed E-state index contributed by atoms with van der Waals surface area (Å²) < 4.78 is 0. The van der Waals surface area contributed by atoms with Gasteiger partial charge in [-0.3, -0.25) is 4.79 Å². The first-order valence-corrected chi connectivity index (χ1v) is 7.05. The van der Waals surface area contributed by atoms with Gasteiger partial charge in [0.2, 0.25) is 0 Å². The summed E-state index contributed by atoms with van der Waals surface area (Å²) in [5, 5.41) is 9.07. The molecule has 19 heavy (non-hydrogen) atoms. The number of carbonyl (C=O) groups is 1. The molecule has 3 N–H and O–H groups in total. The van der Waals surface area contributed by atoms with Gasteiger partial charge in [0.15, 0.2) is 0 Å². The SMILES string of the molecule is CCC(CCc1ccccc1C)CC(CN)C(=O)O. The van der Waals surface area contributed by atoms with E-state index in [0.29, 0.717) is 12.3 Å². The number of rotatable bonds is 8. The minimum absolute atomic E-state index is 0.232. The van der Waals surface area contributed by atoms with E-state index in [1.807, 2.05) is 6.07 Å². The molecule has 1 aromatic carbocycles. The third-order valence-corrected chi connectivity index (χ3v) is 3.91. The van der Waals surface area contributed by atoms with Crippen LogP contribution in [0.15, 0.2) is 24.3 Å². The topological polar surface area (TPSA) is 63.3 Å². The summed E-state index contributed by atoms with van der Waals surface area (Å²) in [4.78, 5) is 11.0. The van der Waals surface area contributed by atoms with Crippen LogP contribution in [0.1, 0.15) is 37.3 Å². The van der Waals surface area contributed by atoms with Crippen LogP contribution in [0.4, 0.5) is 0 Å². The van der Waals surface area contributed by atoms with E-state index in [4.69, 9.17) is 10.8 Å². The average Bonchev–Trinajstić information content (AvgIpc) is 2.40. The molecule has 1 aromatic rings. The summed E-state index contributed by atoms with van der Waals surface area (Å²) in [6, 6.07) is 8.38. The molecule has 106 valence electrons. The van der Waals surface area contributed by atoms with Crippen LogP contribution < -0.4 is 5.73 Å². The van der Waals surface area contributed by atoms with E-state index in [0.717, 1.165) is 19.3 Å². The van der Waals surface area contributed by atoms with E-state index >= 15 is 0 Å². The summed E-state index contributed by atoms with van der Waals surface area (Å²) in [5.41, 5.74) is 8.20. The number of aliphatic carboxylic acids is 1. The van der Waals surface area contributed by atoms with Gasteiger partial charge in [0.25, 0.3) is 0 Å². The second-order valence-electron chi connectivity index (χ2n) is 5.25. The van der Waals surface area contributed by atoms with Crippen molar-refractivity contribution in [1.82, 2.24) is 0 Å². The fourth-order valence-corrected chi connectivity index (χ4v) is 2.44. The van der Waals surface area contributed by atoms with E-state index in [-0.39, 0.29) is 6.54 Å². The Morgan fingerprint density at radius 2 is 2.05 bits per heavy atom. The van der Waals surface area contributed by atoms with E-state index in [2.05, 4.69) is 32.0 Å². The fraction of sp³-hybridized carbons (Fsp3) is 0.562. The van der Waals surface area contributed by atoms with Crippen molar-refractivity contribution in [3.63, 3.8) is 0 Å². The zero-order chi connectivity index (χ0) is 14.3. The maximum atomic E-state index is 11.0. The Kier molecular flexibility index (Phi) is 6.57. The highest BCUT2D eigenvalue weighted by atomic mass is 16.4. The fourth-order valence-electron chi connectivity index (χ4n) is 2.44. The highest BCUT2D eigenvalue weighted by Gasteiger charge is 2.20. The molecule has 3 nitrogen and oxygen atoms in total. The Hall–Kier alpha value is -1.35. The molecule has 0 fully saturated rings. The molecule has 0 aromatic heterocycles. The molecule has 0 heterocycles. The Morgan fingerprint density at radius 1 is 1.37 bits per heavy atom. The highest BCUT2D eigenvalue weighted by molar-refractivity contribution is 5.70. The van der Waals surface area contributed by atoms with Crippen molar-refractivity contribution < 1.29 is 9.90 Å². The normalized spacial score (nSPS) is 14.1. The van der Waals surface area contributed by atoms with Gasteiger partial charge in [-0.2, -0.15) is 0 Å². The molecular weight excluding hydrogens is 238 g/mol. The number of benzene rings is 1. The van der Waals surface area contributed by atoms with Gasteiger partial charge in [-0.05, 0) is 43.2 Å². The van der Waals surface area contributed by atoms with Crippen molar-refractivity contribution in [3.8, 4) is 0 Å². The van der Waals surface area contributed by atoms with Crippen molar-refractivity contribution >= 4 is 5.97 Å². The summed E-state index contributed by atoms with van der Waals surface area (Å²) in [6.07, 6.45) is 3.75. The molecule has 2 atom stereocenters. The van der Waals surface area contributed by atoms with Crippen LogP contribution in [0.2, 0.25) is 0 Å². The Balaban J connectivity index is 2.53. The zero-order valence-corrected chi connectivity index (χ0v) is 11.9. The Bertz CT molecular complexity index is 403. The first-order chi connectivity index (χ1) is 9.08. The molecule has 1 rings (SSSR count). The molecule has 0 aliphatic carbocycles. The number of carboxylic acid groups (broad SMARTS) is 1. The molecule has 0 saturated carbocycles. The second kappa shape index (κ2) is 7.95. The van der Waals surface area contributed by atoms with Crippen molar-refractivity contribution in [1.29, 1.82) is 0 Å². The molecule has 2 unspecified atom stereocenters. The number of carboxylic acids is 1. The van der Waals surface area contributed by atoms with Gasteiger partial charge in [-0.15, -0.1) is 0 Å². The molecule has 0 aliphatic heterocycles. The van der Waals surface area contributed by atoms with Gasteiger partial charge < -0.3 is 10.8 Å². The first kappa shape index (κ1) is 15.7. The zero-order valence-electron chi connectivity index (χ0n) is 11.9. The lowest BCUT2D eigenvalue weighted by molar-refractivity contribution is -0.142. The van der Waals surface area contributed by atoms with E-state index in [1.54, 1.807) is 0 Å². The van der Waals surface area contributed by atoms with Crippen LogP contribution in [-0.4, -0.2) is 17.6 Å². The third-order valence-electron chi connectivity index (χ3n) is 3.91.